The average Bonchev–Trinajstić information content (AvgIpc) is 3.58. The van der Waals surface area contributed by atoms with E-state index in [1.165, 1.54) is 42.6 Å². The van der Waals surface area contributed by atoms with Gasteiger partial charge in [0.2, 0.25) is 5.95 Å². The Balaban J connectivity index is 1.32. The van der Waals surface area contributed by atoms with Gasteiger partial charge in [0.1, 0.15) is 0 Å². The Bertz CT molecular complexity index is 2720. The van der Waals surface area contributed by atoms with Crippen molar-refractivity contribution in [2.24, 2.45) is 0 Å². The highest BCUT2D eigenvalue weighted by Gasteiger charge is 2.41. The second-order valence-electron chi connectivity index (χ2n) is 17.4. The molecule has 7 aromatic carbocycles. The minimum atomic E-state index is -2.80. The van der Waals surface area contributed by atoms with Gasteiger partial charge in [-0.05, 0) is 67.0 Å². The van der Waals surface area contributed by atoms with Crippen molar-refractivity contribution in [3.05, 3.63) is 193 Å². The lowest BCUT2D eigenvalue weighted by atomic mass is 9.85. The molecule has 9 aromatic rings. The number of hydrogen-bond acceptors (Lipinski definition) is 3. The summed E-state index contributed by atoms with van der Waals surface area (Å²) in [4.78, 5) is 15.9. The Labute approximate surface area is 343 Å². The molecular weight excluding hydrogens is 721 g/mol. The van der Waals surface area contributed by atoms with Crippen LogP contribution in [0.3, 0.4) is 0 Å². The van der Waals surface area contributed by atoms with Gasteiger partial charge in [0.25, 0.3) is 0 Å². The first-order valence-electron chi connectivity index (χ1n) is 20.2. The van der Waals surface area contributed by atoms with Gasteiger partial charge in [-0.15, -0.1) is 0 Å². The third-order valence-electron chi connectivity index (χ3n) is 11.5. The maximum absolute atomic E-state index is 5.41. The molecule has 4 nitrogen and oxygen atoms in total. The molecule has 0 saturated carbocycles. The van der Waals surface area contributed by atoms with E-state index in [2.05, 4.69) is 210 Å². The number of nitrogens with zero attached hydrogens (tertiary/aromatic N) is 4. The molecule has 9 rings (SSSR count). The normalized spacial score (nSPS) is 12.3. The van der Waals surface area contributed by atoms with Crippen molar-refractivity contribution < 1.29 is 0 Å². The molecule has 0 atom stereocenters. The van der Waals surface area contributed by atoms with Crippen molar-refractivity contribution in [1.82, 2.24) is 19.5 Å². The lowest BCUT2D eigenvalue weighted by molar-refractivity contribution is 0.590. The van der Waals surface area contributed by atoms with Crippen LogP contribution in [0.5, 0.6) is 0 Å². The fourth-order valence-corrected chi connectivity index (χ4v) is 13.2. The van der Waals surface area contributed by atoms with E-state index >= 15 is 0 Å². The van der Waals surface area contributed by atoms with Gasteiger partial charge in [-0.2, -0.15) is 9.97 Å². The molecule has 0 saturated heterocycles. The van der Waals surface area contributed by atoms with Crippen molar-refractivity contribution in [3.8, 4) is 28.7 Å². The number of rotatable bonds is 7. The van der Waals surface area contributed by atoms with Crippen LogP contribution in [0.25, 0.3) is 50.5 Å². The molecule has 2 heterocycles. The third kappa shape index (κ3) is 6.55. The Morgan fingerprint density at radius 2 is 0.776 bits per heavy atom. The predicted molar refractivity (Wildman–Crippen MR) is 246 cm³/mol. The Morgan fingerprint density at radius 1 is 0.379 bits per heavy atom. The van der Waals surface area contributed by atoms with Gasteiger partial charge in [0.05, 0.1) is 11.0 Å². The van der Waals surface area contributed by atoms with Gasteiger partial charge in [-0.25, -0.2) is 4.98 Å². The molecular formula is C53H48N4Si. The van der Waals surface area contributed by atoms with Crippen LogP contribution < -0.4 is 20.7 Å². The van der Waals surface area contributed by atoms with Crippen LogP contribution in [0.2, 0.25) is 0 Å². The zero-order valence-corrected chi connectivity index (χ0v) is 35.1. The van der Waals surface area contributed by atoms with Crippen LogP contribution in [0.15, 0.2) is 182 Å². The molecule has 0 aliphatic carbocycles. The Hall–Kier alpha value is -6.43. The molecule has 0 amide bonds. The SMILES string of the molecule is CC(C)(C)c1ccc2c(c1)c1cc(C(C)(C)C)ccc1n2-c1nc(-c2ccccc2)nc(-c2cccc([Si](c3ccccc3)(c3ccccc3)c3ccccc3)c2)n1. The minimum absolute atomic E-state index is 0.00608. The highest BCUT2D eigenvalue weighted by atomic mass is 28.3. The fourth-order valence-electron chi connectivity index (χ4n) is 8.44. The second kappa shape index (κ2) is 14.5. The van der Waals surface area contributed by atoms with Gasteiger partial charge >= 0.3 is 0 Å². The van der Waals surface area contributed by atoms with Gasteiger partial charge in [0, 0.05) is 21.9 Å². The lowest BCUT2D eigenvalue weighted by Gasteiger charge is -2.34. The monoisotopic (exact) mass is 768 g/mol. The molecule has 2 aromatic heterocycles. The first-order chi connectivity index (χ1) is 28.0. The molecule has 0 radical (unpaired) electrons. The van der Waals surface area contributed by atoms with Crippen molar-refractivity contribution >= 4 is 50.6 Å². The lowest BCUT2D eigenvalue weighted by Crippen LogP contribution is -2.74. The largest absolute Gasteiger partial charge is 0.278 e. The number of benzene rings is 7. The van der Waals surface area contributed by atoms with E-state index in [9.17, 15) is 0 Å². The molecule has 0 aliphatic heterocycles. The molecule has 0 aliphatic rings. The molecule has 0 spiro atoms. The zero-order chi connectivity index (χ0) is 40.1. The molecule has 0 N–H and O–H groups in total. The summed E-state index contributed by atoms with van der Waals surface area (Å²) in [5.41, 5.74) is 6.61. The summed E-state index contributed by atoms with van der Waals surface area (Å²) in [6, 6.07) is 66.1. The molecule has 0 unspecified atom stereocenters. The summed E-state index contributed by atoms with van der Waals surface area (Å²) in [6.45, 7) is 13.7. The van der Waals surface area contributed by atoms with Crippen molar-refractivity contribution in [3.63, 3.8) is 0 Å². The van der Waals surface area contributed by atoms with Crippen molar-refractivity contribution in [1.29, 1.82) is 0 Å². The summed E-state index contributed by atoms with van der Waals surface area (Å²) in [5, 5.41) is 7.62. The number of aromatic nitrogens is 4. The zero-order valence-electron chi connectivity index (χ0n) is 34.1. The number of hydrogen-bond donors (Lipinski definition) is 0. The summed E-state index contributed by atoms with van der Waals surface area (Å²) < 4.78 is 2.24. The Kier molecular flexibility index (Phi) is 9.29. The first kappa shape index (κ1) is 37.2. The smallest absolute Gasteiger partial charge is 0.238 e. The summed E-state index contributed by atoms with van der Waals surface area (Å²) in [7, 11) is -2.80. The van der Waals surface area contributed by atoms with Crippen LogP contribution in [-0.4, -0.2) is 27.6 Å². The standard InChI is InChI=1S/C53H48N4Si/c1-52(2,3)39-30-32-47-45(35-39)46-36-40(53(4,5)6)31-33-48(46)57(47)51-55-49(37-20-11-7-12-21-37)54-50(56-51)38-22-19-29-44(34-38)58(41-23-13-8-14-24-41,42-25-15-9-16-26-42)43-27-17-10-18-28-43/h7-36H,1-6H3. The van der Waals surface area contributed by atoms with E-state index < -0.39 is 8.07 Å². The minimum Gasteiger partial charge on any atom is -0.278 e. The number of fused-ring (bicyclic) bond motifs is 3. The molecule has 284 valence electrons. The average molecular weight is 769 g/mol. The van der Waals surface area contributed by atoms with Crippen molar-refractivity contribution in [2.75, 3.05) is 0 Å². The maximum Gasteiger partial charge on any atom is 0.238 e. The molecule has 0 bridgehead atoms. The highest BCUT2D eigenvalue weighted by Crippen LogP contribution is 2.37. The maximum atomic E-state index is 5.41. The van der Waals surface area contributed by atoms with Gasteiger partial charge in [-0.1, -0.05) is 199 Å². The van der Waals surface area contributed by atoms with Gasteiger partial charge in [-0.3, -0.25) is 4.57 Å². The third-order valence-corrected chi connectivity index (χ3v) is 16.3. The first-order valence-corrected chi connectivity index (χ1v) is 22.2. The van der Waals surface area contributed by atoms with Crippen LogP contribution in [0.1, 0.15) is 52.7 Å². The topological polar surface area (TPSA) is 43.6 Å². The van der Waals surface area contributed by atoms with E-state index in [1.54, 1.807) is 0 Å². The van der Waals surface area contributed by atoms with Crippen LogP contribution >= 0.6 is 0 Å². The predicted octanol–water partition coefficient (Wildman–Crippen LogP) is 10.3. The van der Waals surface area contributed by atoms with E-state index in [0.717, 1.165) is 22.2 Å². The molecule has 58 heavy (non-hydrogen) atoms. The van der Waals surface area contributed by atoms with E-state index in [4.69, 9.17) is 15.0 Å². The summed E-state index contributed by atoms with van der Waals surface area (Å²) in [5.74, 6) is 1.87. The van der Waals surface area contributed by atoms with Crippen molar-refractivity contribution in [2.45, 2.75) is 52.4 Å². The van der Waals surface area contributed by atoms with Crippen LogP contribution in [0.4, 0.5) is 0 Å². The summed E-state index contributed by atoms with van der Waals surface area (Å²) in [6.07, 6.45) is 0. The summed E-state index contributed by atoms with van der Waals surface area (Å²) >= 11 is 0. The second-order valence-corrected chi connectivity index (χ2v) is 21.2. The van der Waals surface area contributed by atoms with Crippen LogP contribution in [-0.2, 0) is 10.8 Å². The van der Waals surface area contributed by atoms with Crippen LogP contribution in [0, 0.1) is 0 Å². The van der Waals surface area contributed by atoms with Gasteiger partial charge in [0.15, 0.2) is 19.7 Å². The quantitative estimate of drug-likeness (QED) is 0.120. The Morgan fingerprint density at radius 3 is 1.22 bits per heavy atom. The van der Waals surface area contributed by atoms with E-state index in [-0.39, 0.29) is 10.8 Å². The van der Waals surface area contributed by atoms with E-state index in [1.807, 2.05) is 18.2 Å². The molecule has 0 fully saturated rings. The highest BCUT2D eigenvalue weighted by molar-refractivity contribution is 7.19. The van der Waals surface area contributed by atoms with Gasteiger partial charge < -0.3 is 0 Å². The fraction of sp³-hybridized carbons (Fsp3) is 0.151. The van der Waals surface area contributed by atoms with E-state index in [0.29, 0.717) is 17.6 Å². The molecule has 5 heteroatoms.